The van der Waals surface area contributed by atoms with Crippen molar-refractivity contribution in [1.82, 2.24) is 14.7 Å². The molecule has 30 heavy (non-hydrogen) atoms. The Hall–Kier alpha value is -1.59. The van der Waals surface area contributed by atoms with Crippen molar-refractivity contribution < 1.29 is 9.53 Å². The first-order valence-electron chi connectivity index (χ1n) is 12.3. The molecule has 0 saturated carbocycles. The SMILES string of the molecule is O=C(c1ccc(OCCCN2CCCCC2)cc1)N1CCC[C@H]1CN1CCCCC1. The molecule has 1 amide bonds. The number of nitrogens with zero attached hydrogens (tertiary/aromatic N) is 3. The van der Waals surface area contributed by atoms with E-state index in [1.165, 1.54) is 64.7 Å². The fraction of sp³-hybridized carbons (Fsp3) is 0.720. The highest BCUT2D eigenvalue weighted by molar-refractivity contribution is 5.94. The number of carbonyl (C=O) groups is 1. The fourth-order valence-corrected chi connectivity index (χ4v) is 5.25. The second-order valence-corrected chi connectivity index (χ2v) is 9.28. The van der Waals surface area contributed by atoms with E-state index in [4.69, 9.17) is 4.74 Å². The van der Waals surface area contributed by atoms with E-state index in [1.54, 1.807) is 0 Å². The van der Waals surface area contributed by atoms with Crippen molar-refractivity contribution in [3.63, 3.8) is 0 Å². The molecule has 0 aliphatic carbocycles. The van der Waals surface area contributed by atoms with Crippen molar-refractivity contribution in [2.45, 2.75) is 63.8 Å². The Bertz CT molecular complexity index is 651. The van der Waals surface area contributed by atoms with E-state index in [1.807, 2.05) is 24.3 Å². The summed E-state index contributed by atoms with van der Waals surface area (Å²) in [6.45, 7) is 8.69. The third-order valence-electron chi connectivity index (χ3n) is 6.99. The number of benzene rings is 1. The summed E-state index contributed by atoms with van der Waals surface area (Å²) in [5, 5.41) is 0. The van der Waals surface area contributed by atoms with Gasteiger partial charge in [0.25, 0.3) is 5.91 Å². The molecule has 3 fully saturated rings. The maximum absolute atomic E-state index is 13.1. The summed E-state index contributed by atoms with van der Waals surface area (Å²) in [7, 11) is 0. The smallest absolute Gasteiger partial charge is 0.254 e. The first kappa shape index (κ1) is 21.6. The van der Waals surface area contributed by atoms with Crippen LogP contribution in [0, 0.1) is 0 Å². The molecule has 0 unspecified atom stereocenters. The average Bonchev–Trinajstić information content (AvgIpc) is 3.26. The number of hydrogen-bond acceptors (Lipinski definition) is 4. The molecule has 0 aromatic heterocycles. The van der Waals surface area contributed by atoms with Gasteiger partial charge in [-0.2, -0.15) is 0 Å². The van der Waals surface area contributed by atoms with E-state index >= 15 is 0 Å². The maximum atomic E-state index is 13.1. The zero-order valence-corrected chi connectivity index (χ0v) is 18.6. The topological polar surface area (TPSA) is 36.0 Å². The maximum Gasteiger partial charge on any atom is 0.254 e. The second-order valence-electron chi connectivity index (χ2n) is 9.28. The van der Waals surface area contributed by atoms with Crippen LogP contribution >= 0.6 is 0 Å². The van der Waals surface area contributed by atoms with Gasteiger partial charge in [0.2, 0.25) is 0 Å². The molecule has 1 aromatic carbocycles. The van der Waals surface area contributed by atoms with Crippen LogP contribution in [0.1, 0.15) is 68.1 Å². The summed E-state index contributed by atoms with van der Waals surface area (Å²) >= 11 is 0. The van der Waals surface area contributed by atoms with Crippen LogP contribution in [-0.2, 0) is 0 Å². The number of likely N-dealkylation sites (tertiary alicyclic amines) is 3. The van der Waals surface area contributed by atoms with Gasteiger partial charge in [0.15, 0.2) is 0 Å². The van der Waals surface area contributed by atoms with Gasteiger partial charge >= 0.3 is 0 Å². The Balaban J connectivity index is 1.22. The standard InChI is InChI=1S/C25H39N3O2/c29-25(28-19-7-9-23(28)21-27-16-5-2-6-17-27)22-10-12-24(13-11-22)30-20-8-18-26-14-3-1-4-15-26/h10-13,23H,1-9,14-21H2/t23-/m0/s1. The van der Waals surface area contributed by atoms with Gasteiger partial charge in [-0.15, -0.1) is 0 Å². The molecule has 0 spiro atoms. The van der Waals surface area contributed by atoms with E-state index in [0.29, 0.717) is 6.04 Å². The van der Waals surface area contributed by atoms with Gasteiger partial charge in [-0.25, -0.2) is 0 Å². The lowest BCUT2D eigenvalue weighted by Gasteiger charge is -2.33. The number of amides is 1. The van der Waals surface area contributed by atoms with E-state index < -0.39 is 0 Å². The van der Waals surface area contributed by atoms with Crippen molar-refractivity contribution in [2.24, 2.45) is 0 Å². The van der Waals surface area contributed by atoms with Crippen molar-refractivity contribution in [3.05, 3.63) is 29.8 Å². The summed E-state index contributed by atoms with van der Waals surface area (Å²) in [5.74, 6) is 1.06. The number of piperidine rings is 2. The number of carbonyl (C=O) groups excluding carboxylic acids is 1. The molecule has 1 aromatic rings. The lowest BCUT2D eigenvalue weighted by atomic mass is 10.1. The highest BCUT2D eigenvalue weighted by Crippen LogP contribution is 2.23. The van der Waals surface area contributed by atoms with Crippen molar-refractivity contribution in [3.8, 4) is 5.75 Å². The molecule has 3 heterocycles. The van der Waals surface area contributed by atoms with E-state index in [-0.39, 0.29) is 5.91 Å². The molecule has 3 aliphatic heterocycles. The minimum Gasteiger partial charge on any atom is -0.494 e. The Morgan fingerprint density at radius 3 is 2.20 bits per heavy atom. The fourth-order valence-electron chi connectivity index (χ4n) is 5.25. The van der Waals surface area contributed by atoms with E-state index in [0.717, 1.165) is 56.8 Å². The van der Waals surface area contributed by atoms with Gasteiger partial charge in [0.1, 0.15) is 5.75 Å². The quantitative estimate of drug-likeness (QED) is 0.603. The van der Waals surface area contributed by atoms with Crippen molar-refractivity contribution >= 4 is 5.91 Å². The van der Waals surface area contributed by atoms with Gasteiger partial charge in [0.05, 0.1) is 6.61 Å². The molecule has 0 N–H and O–H groups in total. The summed E-state index contributed by atoms with van der Waals surface area (Å²) in [6.07, 6.45) is 11.4. The third-order valence-corrected chi connectivity index (χ3v) is 6.99. The Labute approximate surface area is 182 Å². The van der Waals surface area contributed by atoms with Gasteiger partial charge < -0.3 is 19.4 Å². The van der Waals surface area contributed by atoms with Crippen molar-refractivity contribution in [1.29, 1.82) is 0 Å². The number of hydrogen-bond donors (Lipinski definition) is 0. The van der Waals surface area contributed by atoms with Crippen LogP contribution in [0.4, 0.5) is 0 Å². The molecule has 1 atom stereocenters. The predicted octanol–water partition coefficient (Wildman–Crippen LogP) is 4.03. The molecular weight excluding hydrogens is 374 g/mol. The zero-order valence-electron chi connectivity index (χ0n) is 18.6. The minimum atomic E-state index is 0.186. The second kappa shape index (κ2) is 11.1. The summed E-state index contributed by atoms with van der Waals surface area (Å²) in [6, 6.07) is 8.19. The Kier molecular flexibility index (Phi) is 8.04. The lowest BCUT2D eigenvalue weighted by molar-refractivity contribution is 0.0690. The number of rotatable bonds is 8. The third kappa shape index (κ3) is 5.98. The van der Waals surface area contributed by atoms with Crippen LogP contribution in [0.25, 0.3) is 0 Å². The molecule has 4 rings (SSSR count). The molecule has 3 saturated heterocycles. The van der Waals surface area contributed by atoms with Crippen LogP contribution in [-0.4, -0.2) is 79.1 Å². The Morgan fingerprint density at radius 1 is 0.833 bits per heavy atom. The first-order valence-corrected chi connectivity index (χ1v) is 12.3. The molecule has 0 radical (unpaired) electrons. The van der Waals surface area contributed by atoms with Crippen LogP contribution in [0.3, 0.4) is 0 Å². The van der Waals surface area contributed by atoms with E-state index in [9.17, 15) is 4.79 Å². The summed E-state index contributed by atoms with van der Waals surface area (Å²) < 4.78 is 5.92. The van der Waals surface area contributed by atoms with Crippen LogP contribution < -0.4 is 4.74 Å². The van der Waals surface area contributed by atoms with Crippen LogP contribution in [0.2, 0.25) is 0 Å². The van der Waals surface area contributed by atoms with Crippen molar-refractivity contribution in [2.75, 3.05) is 52.4 Å². The summed E-state index contributed by atoms with van der Waals surface area (Å²) in [5.41, 5.74) is 0.793. The minimum absolute atomic E-state index is 0.186. The zero-order chi connectivity index (χ0) is 20.6. The largest absolute Gasteiger partial charge is 0.494 e. The van der Waals surface area contributed by atoms with E-state index in [2.05, 4.69) is 14.7 Å². The predicted molar refractivity (Wildman–Crippen MR) is 121 cm³/mol. The molecule has 5 nitrogen and oxygen atoms in total. The van der Waals surface area contributed by atoms with Crippen LogP contribution in [0.5, 0.6) is 5.75 Å². The Morgan fingerprint density at radius 2 is 1.50 bits per heavy atom. The van der Waals surface area contributed by atoms with Gasteiger partial charge in [0, 0.05) is 31.2 Å². The molecule has 166 valence electrons. The monoisotopic (exact) mass is 413 g/mol. The lowest BCUT2D eigenvalue weighted by Crippen LogP contribution is -2.44. The highest BCUT2D eigenvalue weighted by Gasteiger charge is 2.31. The normalized spacial score (nSPS) is 23.6. The number of ether oxygens (including phenoxy) is 1. The van der Waals surface area contributed by atoms with Gasteiger partial charge in [-0.3, -0.25) is 4.79 Å². The highest BCUT2D eigenvalue weighted by atomic mass is 16.5. The molecule has 5 heteroatoms. The average molecular weight is 414 g/mol. The first-order chi connectivity index (χ1) is 14.8. The van der Waals surface area contributed by atoms with Gasteiger partial charge in [-0.1, -0.05) is 12.8 Å². The van der Waals surface area contributed by atoms with Gasteiger partial charge in [-0.05, 0) is 95.4 Å². The molecule has 3 aliphatic rings. The molecule has 0 bridgehead atoms. The summed E-state index contributed by atoms with van der Waals surface area (Å²) in [4.78, 5) is 20.3. The van der Waals surface area contributed by atoms with Crippen LogP contribution in [0.15, 0.2) is 24.3 Å². The molecular formula is C25H39N3O2.